The molecule has 1 unspecified atom stereocenters. The van der Waals surface area contributed by atoms with E-state index in [1.54, 1.807) is 0 Å². The standard InChI is InChI=1S/C12H26N2O3/c1-4-6-14(8-9-15,10-12(16)17)7-5-13-11(2)3/h11,13,15H,4-10H2,1-3H3/p+1. The first kappa shape index (κ1) is 16.4. The Kier molecular flexibility index (Phi) is 8.12. The summed E-state index contributed by atoms with van der Waals surface area (Å²) in [6.07, 6.45) is 0.926. The van der Waals surface area contributed by atoms with Crippen LogP contribution in [0.4, 0.5) is 0 Å². The van der Waals surface area contributed by atoms with E-state index in [0.717, 1.165) is 26.1 Å². The van der Waals surface area contributed by atoms with E-state index in [1.807, 2.05) is 6.92 Å². The van der Waals surface area contributed by atoms with E-state index in [9.17, 15) is 4.79 Å². The summed E-state index contributed by atoms with van der Waals surface area (Å²) in [7, 11) is 0. The monoisotopic (exact) mass is 247 g/mol. The van der Waals surface area contributed by atoms with E-state index < -0.39 is 5.97 Å². The zero-order valence-electron chi connectivity index (χ0n) is 11.3. The number of nitrogens with zero attached hydrogens (tertiary/aromatic N) is 1. The number of carboxylic acid groups (broad SMARTS) is 1. The Morgan fingerprint density at radius 2 is 1.94 bits per heavy atom. The quantitative estimate of drug-likeness (QED) is 0.485. The van der Waals surface area contributed by atoms with Crippen LogP contribution in [-0.4, -0.2) is 66.0 Å². The van der Waals surface area contributed by atoms with Gasteiger partial charge in [0, 0.05) is 12.6 Å². The van der Waals surface area contributed by atoms with Gasteiger partial charge < -0.3 is 20.0 Å². The SMILES string of the molecule is CCC[N+](CCO)(CCNC(C)C)CC(=O)O. The Labute approximate surface area is 104 Å². The molecule has 0 aromatic heterocycles. The fraction of sp³-hybridized carbons (Fsp3) is 0.917. The van der Waals surface area contributed by atoms with Crippen molar-refractivity contribution in [1.29, 1.82) is 0 Å². The van der Waals surface area contributed by atoms with E-state index in [2.05, 4.69) is 19.2 Å². The van der Waals surface area contributed by atoms with Crippen LogP contribution in [0.3, 0.4) is 0 Å². The van der Waals surface area contributed by atoms with Crippen LogP contribution in [0.15, 0.2) is 0 Å². The third kappa shape index (κ3) is 7.31. The van der Waals surface area contributed by atoms with E-state index in [4.69, 9.17) is 10.2 Å². The molecule has 0 aliphatic rings. The second kappa shape index (κ2) is 8.44. The van der Waals surface area contributed by atoms with Gasteiger partial charge in [-0.25, -0.2) is 4.79 Å². The van der Waals surface area contributed by atoms with Crippen LogP contribution in [-0.2, 0) is 4.79 Å². The molecule has 0 heterocycles. The molecule has 0 aromatic carbocycles. The third-order valence-corrected chi connectivity index (χ3v) is 2.88. The number of hydrogen-bond acceptors (Lipinski definition) is 3. The first-order chi connectivity index (χ1) is 7.95. The maximum Gasteiger partial charge on any atom is 0.359 e. The van der Waals surface area contributed by atoms with Gasteiger partial charge in [0.1, 0.15) is 6.54 Å². The van der Waals surface area contributed by atoms with Crippen molar-refractivity contribution in [2.45, 2.75) is 33.2 Å². The fourth-order valence-corrected chi connectivity index (χ4v) is 2.14. The van der Waals surface area contributed by atoms with Crippen LogP contribution in [0.1, 0.15) is 27.2 Å². The van der Waals surface area contributed by atoms with Gasteiger partial charge in [-0.15, -0.1) is 0 Å². The fourth-order valence-electron chi connectivity index (χ4n) is 2.14. The molecule has 5 nitrogen and oxygen atoms in total. The summed E-state index contributed by atoms with van der Waals surface area (Å²) in [5.74, 6) is -0.795. The lowest BCUT2D eigenvalue weighted by atomic mass is 10.2. The van der Waals surface area contributed by atoms with Crippen molar-refractivity contribution >= 4 is 5.97 Å². The lowest BCUT2D eigenvalue weighted by molar-refractivity contribution is -0.920. The van der Waals surface area contributed by atoms with Crippen LogP contribution < -0.4 is 5.32 Å². The number of nitrogens with one attached hydrogen (secondary N) is 1. The van der Waals surface area contributed by atoms with E-state index in [0.29, 0.717) is 17.1 Å². The number of hydrogen-bond donors (Lipinski definition) is 3. The molecule has 5 heteroatoms. The van der Waals surface area contributed by atoms with Gasteiger partial charge in [0.2, 0.25) is 0 Å². The zero-order chi connectivity index (χ0) is 13.3. The molecule has 0 saturated heterocycles. The molecule has 1 atom stereocenters. The topological polar surface area (TPSA) is 69.6 Å². The molecule has 17 heavy (non-hydrogen) atoms. The van der Waals surface area contributed by atoms with Crippen molar-refractivity contribution < 1.29 is 19.5 Å². The lowest BCUT2D eigenvalue weighted by Crippen LogP contribution is -2.56. The predicted octanol–water partition coefficient (Wildman–Crippen LogP) is 0.288. The highest BCUT2D eigenvalue weighted by Gasteiger charge is 2.28. The molecule has 0 aliphatic heterocycles. The minimum absolute atomic E-state index is 0.0367. The minimum Gasteiger partial charge on any atom is -0.477 e. The molecule has 0 spiro atoms. The summed E-state index contributed by atoms with van der Waals surface area (Å²) < 4.78 is 0.460. The number of carboxylic acids is 1. The highest BCUT2D eigenvalue weighted by atomic mass is 16.4. The van der Waals surface area contributed by atoms with Crippen LogP contribution in [0.25, 0.3) is 0 Å². The van der Waals surface area contributed by atoms with Crippen molar-refractivity contribution in [1.82, 2.24) is 5.32 Å². The average molecular weight is 247 g/mol. The normalized spacial score (nSPS) is 14.9. The molecule has 0 bridgehead atoms. The molecule has 3 N–H and O–H groups in total. The number of quaternary nitrogens is 1. The van der Waals surface area contributed by atoms with Crippen molar-refractivity contribution in [2.75, 3.05) is 39.3 Å². The number of carbonyl (C=O) groups is 1. The molecular weight excluding hydrogens is 220 g/mol. The Hall–Kier alpha value is -0.650. The minimum atomic E-state index is -0.795. The Balaban J connectivity index is 4.46. The van der Waals surface area contributed by atoms with E-state index >= 15 is 0 Å². The highest BCUT2D eigenvalue weighted by Crippen LogP contribution is 2.07. The summed E-state index contributed by atoms with van der Waals surface area (Å²) >= 11 is 0. The molecule has 0 fully saturated rings. The maximum atomic E-state index is 10.9. The van der Waals surface area contributed by atoms with Gasteiger partial charge in [0.15, 0.2) is 6.54 Å². The van der Waals surface area contributed by atoms with Gasteiger partial charge in [-0.1, -0.05) is 20.8 Å². The lowest BCUT2D eigenvalue weighted by Gasteiger charge is -2.37. The average Bonchev–Trinajstić information content (AvgIpc) is 2.16. The molecule has 0 aliphatic carbocycles. The van der Waals surface area contributed by atoms with Gasteiger partial charge in [-0.2, -0.15) is 0 Å². The zero-order valence-corrected chi connectivity index (χ0v) is 11.3. The van der Waals surface area contributed by atoms with Crippen LogP contribution in [0, 0.1) is 0 Å². The van der Waals surface area contributed by atoms with Gasteiger partial charge >= 0.3 is 5.97 Å². The number of aliphatic hydroxyl groups excluding tert-OH is 1. The largest absolute Gasteiger partial charge is 0.477 e. The molecule has 0 saturated carbocycles. The van der Waals surface area contributed by atoms with Gasteiger partial charge in [-0.05, 0) is 6.42 Å². The van der Waals surface area contributed by atoms with Crippen molar-refractivity contribution in [3.8, 4) is 0 Å². The van der Waals surface area contributed by atoms with E-state index in [1.165, 1.54) is 0 Å². The second-order valence-electron chi connectivity index (χ2n) is 4.90. The number of aliphatic hydroxyl groups is 1. The van der Waals surface area contributed by atoms with Crippen LogP contribution >= 0.6 is 0 Å². The molecule has 0 amide bonds. The number of rotatable bonds is 10. The maximum absolute atomic E-state index is 10.9. The van der Waals surface area contributed by atoms with Gasteiger partial charge in [-0.3, -0.25) is 0 Å². The predicted molar refractivity (Wildman–Crippen MR) is 67.9 cm³/mol. The Morgan fingerprint density at radius 1 is 1.29 bits per heavy atom. The summed E-state index contributed by atoms with van der Waals surface area (Å²) in [4.78, 5) is 10.9. The molecular formula is C12H27N2O3+. The van der Waals surface area contributed by atoms with E-state index in [-0.39, 0.29) is 13.2 Å². The molecule has 0 radical (unpaired) electrons. The molecule has 102 valence electrons. The van der Waals surface area contributed by atoms with Crippen molar-refractivity contribution in [2.24, 2.45) is 0 Å². The van der Waals surface area contributed by atoms with Crippen molar-refractivity contribution in [3.63, 3.8) is 0 Å². The second-order valence-corrected chi connectivity index (χ2v) is 4.90. The Morgan fingerprint density at radius 3 is 2.35 bits per heavy atom. The van der Waals surface area contributed by atoms with Crippen LogP contribution in [0.5, 0.6) is 0 Å². The van der Waals surface area contributed by atoms with Gasteiger partial charge in [0.25, 0.3) is 0 Å². The summed E-state index contributed by atoms with van der Waals surface area (Å²) in [5.41, 5.74) is 0. The summed E-state index contributed by atoms with van der Waals surface area (Å²) in [6.45, 7) is 9.15. The first-order valence-corrected chi connectivity index (χ1v) is 6.37. The number of aliphatic carboxylic acids is 1. The highest BCUT2D eigenvalue weighted by molar-refractivity contribution is 5.67. The van der Waals surface area contributed by atoms with Gasteiger partial charge in [0.05, 0.1) is 19.7 Å². The molecule has 0 aromatic rings. The first-order valence-electron chi connectivity index (χ1n) is 6.37. The summed E-state index contributed by atoms with van der Waals surface area (Å²) in [5, 5.41) is 21.4. The summed E-state index contributed by atoms with van der Waals surface area (Å²) in [6, 6.07) is 0.400. The Bertz CT molecular complexity index is 214. The molecule has 0 rings (SSSR count). The third-order valence-electron chi connectivity index (χ3n) is 2.88. The van der Waals surface area contributed by atoms with Crippen molar-refractivity contribution in [3.05, 3.63) is 0 Å². The van der Waals surface area contributed by atoms with Crippen LogP contribution in [0.2, 0.25) is 0 Å². The smallest absolute Gasteiger partial charge is 0.359 e.